The highest BCUT2D eigenvalue weighted by molar-refractivity contribution is 8.01. The Bertz CT molecular complexity index is 968. The number of amides is 3. The van der Waals surface area contributed by atoms with Crippen molar-refractivity contribution in [3.63, 3.8) is 0 Å². The molecular formula is C19H24N8O3S. The second kappa shape index (κ2) is 8.27. The Hall–Kier alpha value is -2.99. The normalized spacial score (nSPS) is 24.8. The van der Waals surface area contributed by atoms with Crippen LogP contribution in [-0.2, 0) is 14.4 Å². The summed E-state index contributed by atoms with van der Waals surface area (Å²) in [4.78, 5) is 39.9. The zero-order valence-corrected chi connectivity index (χ0v) is 17.9. The molecule has 4 atom stereocenters. The van der Waals surface area contributed by atoms with Crippen LogP contribution in [0.15, 0.2) is 30.3 Å². The number of β-lactam (4-membered cyclic amide) rings is 1. The third-order valence-corrected chi connectivity index (χ3v) is 6.99. The molecule has 2 fully saturated rings. The maximum absolute atomic E-state index is 13.1. The van der Waals surface area contributed by atoms with Crippen molar-refractivity contribution in [3.8, 4) is 0 Å². The first kappa shape index (κ1) is 21.2. The summed E-state index contributed by atoms with van der Waals surface area (Å²) in [5, 5.41) is 19.4. The molecule has 3 unspecified atom stereocenters. The molecule has 0 saturated carbocycles. The second-order valence-electron chi connectivity index (χ2n) is 7.97. The van der Waals surface area contributed by atoms with E-state index in [-0.39, 0.29) is 40.9 Å². The van der Waals surface area contributed by atoms with E-state index in [1.165, 1.54) is 0 Å². The van der Waals surface area contributed by atoms with E-state index in [4.69, 9.17) is 5.73 Å². The van der Waals surface area contributed by atoms with Crippen LogP contribution in [0.1, 0.15) is 43.7 Å². The Labute approximate surface area is 182 Å². The molecule has 12 heteroatoms. The molecule has 0 radical (unpaired) electrons. The van der Waals surface area contributed by atoms with Gasteiger partial charge in [-0.05, 0) is 19.4 Å². The van der Waals surface area contributed by atoms with E-state index >= 15 is 0 Å². The molecule has 0 aliphatic carbocycles. The van der Waals surface area contributed by atoms with E-state index in [0.29, 0.717) is 11.4 Å². The van der Waals surface area contributed by atoms with E-state index in [9.17, 15) is 14.4 Å². The molecule has 5 N–H and O–H groups in total. The number of aromatic amines is 1. The highest BCUT2D eigenvalue weighted by Crippen LogP contribution is 2.56. The molecule has 0 spiro atoms. The van der Waals surface area contributed by atoms with Crippen LogP contribution in [0.25, 0.3) is 0 Å². The molecular weight excluding hydrogens is 420 g/mol. The summed E-state index contributed by atoms with van der Waals surface area (Å²) in [6, 6.07) is 6.92. The largest absolute Gasteiger partial charge is 0.340 e. The van der Waals surface area contributed by atoms with Crippen molar-refractivity contribution in [3.05, 3.63) is 41.7 Å². The van der Waals surface area contributed by atoms with Crippen LogP contribution in [-0.4, -0.2) is 66.0 Å². The molecule has 2 aliphatic heterocycles. The Morgan fingerprint density at radius 1 is 1.32 bits per heavy atom. The molecule has 164 valence electrons. The predicted molar refractivity (Wildman–Crippen MR) is 112 cm³/mol. The van der Waals surface area contributed by atoms with Gasteiger partial charge in [0.1, 0.15) is 23.5 Å². The molecule has 31 heavy (non-hydrogen) atoms. The fourth-order valence-corrected chi connectivity index (χ4v) is 5.63. The highest BCUT2D eigenvalue weighted by Gasteiger charge is 2.63. The fraction of sp³-hybridized carbons (Fsp3) is 0.474. The van der Waals surface area contributed by atoms with Crippen LogP contribution >= 0.6 is 11.8 Å². The molecule has 0 bridgehead atoms. The SMILES string of the molecule is CC1(C)S[C@H]2C(NC(=O)C(NC(=O)CCN)c3ccccc3)C(=O)N2C1c1nn[nH]n1. The van der Waals surface area contributed by atoms with Gasteiger partial charge in [0.25, 0.3) is 0 Å². The number of fused-ring (bicyclic) bond motifs is 1. The van der Waals surface area contributed by atoms with Gasteiger partial charge in [0.2, 0.25) is 17.7 Å². The number of nitrogens with two attached hydrogens (primary N) is 1. The van der Waals surface area contributed by atoms with Crippen molar-refractivity contribution in [2.24, 2.45) is 5.73 Å². The third kappa shape index (κ3) is 3.88. The van der Waals surface area contributed by atoms with Gasteiger partial charge in [-0.25, -0.2) is 0 Å². The molecule has 1 aromatic carbocycles. The van der Waals surface area contributed by atoms with Crippen molar-refractivity contribution >= 4 is 29.5 Å². The number of nitrogens with zero attached hydrogens (tertiary/aromatic N) is 4. The van der Waals surface area contributed by atoms with Gasteiger partial charge in [0.05, 0.1) is 0 Å². The number of carbonyl (C=O) groups excluding carboxylic acids is 3. The first-order valence-corrected chi connectivity index (χ1v) is 10.8. The Morgan fingerprint density at radius 2 is 2.06 bits per heavy atom. The lowest BCUT2D eigenvalue weighted by Crippen LogP contribution is -2.68. The molecule has 2 saturated heterocycles. The Kier molecular flexibility index (Phi) is 5.67. The van der Waals surface area contributed by atoms with Crippen molar-refractivity contribution < 1.29 is 14.4 Å². The van der Waals surface area contributed by atoms with Crippen molar-refractivity contribution in [2.45, 2.75) is 48.5 Å². The molecule has 2 aromatic rings. The number of hydrogen-bond acceptors (Lipinski definition) is 8. The predicted octanol–water partition coefficient (Wildman–Crippen LogP) is -0.374. The average molecular weight is 445 g/mol. The Balaban J connectivity index is 1.51. The topological polar surface area (TPSA) is 159 Å². The van der Waals surface area contributed by atoms with E-state index in [0.717, 1.165) is 0 Å². The minimum absolute atomic E-state index is 0.103. The van der Waals surface area contributed by atoms with Gasteiger partial charge in [-0.15, -0.1) is 22.0 Å². The molecule has 3 amide bonds. The minimum atomic E-state index is -0.922. The maximum Gasteiger partial charge on any atom is 0.249 e. The Morgan fingerprint density at radius 3 is 2.71 bits per heavy atom. The lowest BCUT2D eigenvalue weighted by atomic mass is 9.95. The van der Waals surface area contributed by atoms with Crippen molar-refractivity contribution in [2.75, 3.05) is 6.54 Å². The molecule has 2 aliphatic rings. The molecule has 11 nitrogen and oxygen atoms in total. The van der Waals surface area contributed by atoms with Gasteiger partial charge < -0.3 is 21.3 Å². The first-order valence-electron chi connectivity index (χ1n) is 9.91. The van der Waals surface area contributed by atoms with Crippen LogP contribution < -0.4 is 16.4 Å². The van der Waals surface area contributed by atoms with Gasteiger partial charge in [0, 0.05) is 17.7 Å². The van der Waals surface area contributed by atoms with Crippen LogP contribution in [0.3, 0.4) is 0 Å². The monoisotopic (exact) mass is 444 g/mol. The van der Waals surface area contributed by atoms with E-state index in [1.54, 1.807) is 40.9 Å². The van der Waals surface area contributed by atoms with Gasteiger partial charge in [0.15, 0.2) is 5.82 Å². The molecule has 3 heterocycles. The van der Waals surface area contributed by atoms with Gasteiger partial charge in [-0.3, -0.25) is 14.4 Å². The number of hydrogen-bond donors (Lipinski definition) is 4. The summed E-state index contributed by atoms with van der Waals surface area (Å²) in [5.74, 6) is -0.557. The highest BCUT2D eigenvalue weighted by atomic mass is 32.2. The molecule has 4 rings (SSSR count). The number of carbonyl (C=O) groups is 3. The number of aromatic nitrogens is 4. The van der Waals surface area contributed by atoms with E-state index < -0.39 is 18.0 Å². The summed E-state index contributed by atoms with van der Waals surface area (Å²) in [7, 11) is 0. The lowest BCUT2D eigenvalue weighted by Gasteiger charge is -2.44. The summed E-state index contributed by atoms with van der Waals surface area (Å²) >= 11 is 1.57. The summed E-state index contributed by atoms with van der Waals surface area (Å²) < 4.78 is -0.363. The lowest BCUT2D eigenvalue weighted by molar-refractivity contribution is -0.152. The van der Waals surface area contributed by atoms with Crippen molar-refractivity contribution in [1.82, 2.24) is 36.2 Å². The molecule has 1 aromatic heterocycles. The summed E-state index contributed by atoms with van der Waals surface area (Å²) in [6.45, 7) is 4.18. The van der Waals surface area contributed by atoms with Crippen molar-refractivity contribution in [1.29, 1.82) is 0 Å². The minimum Gasteiger partial charge on any atom is -0.340 e. The average Bonchev–Trinajstić information content (AvgIpc) is 3.35. The standard InChI is InChI=1S/C19H24N8O3S/c1-19(2)14(15-23-25-26-24-15)27-17(30)13(18(27)31-19)22-16(29)12(21-11(28)8-9-20)10-6-4-3-5-7-10/h3-7,12-14,18H,8-9,20H2,1-2H3,(H,21,28)(H,22,29)(H,23,24,25,26)/t12?,13?,14?,18-/m0/s1. The number of nitrogens with one attached hydrogen (secondary N) is 3. The van der Waals surface area contributed by atoms with E-state index in [2.05, 4.69) is 31.3 Å². The first-order chi connectivity index (χ1) is 14.8. The van der Waals surface area contributed by atoms with Crippen LogP contribution in [0, 0.1) is 0 Å². The summed E-state index contributed by atoms with van der Waals surface area (Å²) in [6.07, 6.45) is 0.103. The number of H-pyrrole nitrogens is 1. The quantitative estimate of drug-likeness (QED) is 0.421. The van der Waals surface area contributed by atoms with Crippen LogP contribution in [0.4, 0.5) is 0 Å². The zero-order valence-electron chi connectivity index (χ0n) is 17.1. The number of tetrazole rings is 1. The van der Waals surface area contributed by atoms with Gasteiger partial charge in [-0.2, -0.15) is 5.21 Å². The van der Waals surface area contributed by atoms with Gasteiger partial charge in [-0.1, -0.05) is 35.5 Å². The third-order valence-electron chi connectivity index (χ3n) is 5.42. The van der Waals surface area contributed by atoms with Gasteiger partial charge >= 0.3 is 0 Å². The second-order valence-corrected chi connectivity index (χ2v) is 9.74. The number of rotatable bonds is 7. The van der Waals surface area contributed by atoms with E-state index in [1.807, 2.05) is 19.9 Å². The fourth-order valence-electron chi connectivity index (χ4n) is 4.00. The number of benzene rings is 1. The summed E-state index contributed by atoms with van der Waals surface area (Å²) in [5.41, 5.74) is 6.08. The van der Waals surface area contributed by atoms with Crippen LogP contribution in [0.2, 0.25) is 0 Å². The van der Waals surface area contributed by atoms with Crippen LogP contribution in [0.5, 0.6) is 0 Å². The smallest absolute Gasteiger partial charge is 0.249 e. The maximum atomic E-state index is 13.1. The number of thioether (sulfide) groups is 1. The zero-order chi connectivity index (χ0) is 22.2.